The molecule has 0 fully saturated rings. The lowest BCUT2D eigenvalue weighted by Crippen LogP contribution is -2.41. The van der Waals surface area contributed by atoms with Gasteiger partial charge in [0.15, 0.2) is 0 Å². The molecule has 0 aliphatic carbocycles. The molecule has 9 nitrogen and oxygen atoms in total. The predicted octanol–water partition coefficient (Wildman–Crippen LogP) is 2.71. The van der Waals surface area contributed by atoms with Gasteiger partial charge in [-0.2, -0.15) is 16.8 Å². The van der Waals surface area contributed by atoms with E-state index in [1.54, 1.807) is 6.07 Å². The number of rotatable bonds is 11. The topological polar surface area (TPSA) is 149 Å². The van der Waals surface area contributed by atoms with E-state index in [-0.39, 0.29) is 23.8 Å². The number of fused-ring (bicyclic) bond motifs is 1. The van der Waals surface area contributed by atoms with E-state index >= 15 is 0 Å². The Hall–Kier alpha value is -1.69. The molecule has 2 rings (SSSR count). The number of carboxylic acid groups (broad SMARTS) is 1. The third-order valence-electron chi connectivity index (χ3n) is 5.97. The van der Waals surface area contributed by atoms with E-state index in [1.807, 2.05) is 13.8 Å². The second-order valence-corrected chi connectivity index (χ2v) is 11.0. The summed E-state index contributed by atoms with van der Waals surface area (Å²) in [4.78, 5) is 12.5. The number of unbranched alkanes of at least 4 members (excludes halogenated alkanes) is 2. The average molecular weight is 464 g/mol. The maximum Gasteiger partial charge on any atom is 0.303 e. The molecule has 1 aromatic rings. The van der Waals surface area contributed by atoms with Crippen molar-refractivity contribution in [2.75, 3.05) is 17.2 Å². The molecule has 2 unspecified atom stereocenters. The van der Waals surface area contributed by atoms with Crippen LogP contribution in [0, 0.1) is 0 Å². The lowest BCUT2D eigenvalue weighted by molar-refractivity contribution is -0.137. The van der Waals surface area contributed by atoms with Crippen molar-refractivity contribution in [2.24, 2.45) is 0 Å². The second-order valence-electron chi connectivity index (χ2n) is 8.03. The van der Waals surface area contributed by atoms with Crippen molar-refractivity contribution in [1.29, 1.82) is 0 Å². The predicted molar refractivity (Wildman–Crippen MR) is 112 cm³/mol. The van der Waals surface area contributed by atoms with Crippen molar-refractivity contribution >= 4 is 31.9 Å². The lowest BCUT2D eigenvalue weighted by atomic mass is 9.75. The van der Waals surface area contributed by atoms with Gasteiger partial charge in [0.2, 0.25) is 0 Å². The molecule has 1 heterocycles. The number of aliphatic carboxylic acids is 1. The van der Waals surface area contributed by atoms with Crippen molar-refractivity contribution in [2.45, 2.75) is 68.7 Å². The first-order valence-corrected chi connectivity index (χ1v) is 12.9. The maximum atomic E-state index is 11.6. The summed E-state index contributed by atoms with van der Waals surface area (Å²) in [5.74, 6) is -1.23. The zero-order valence-electron chi connectivity index (χ0n) is 17.1. The Morgan fingerprint density at radius 1 is 1.10 bits per heavy atom. The fourth-order valence-electron chi connectivity index (χ4n) is 4.18. The van der Waals surface area contributed by atoms with Gasteiger partial charge in [-0.25, -0.2) is 0 Å². The molecule has 30 heavy (non-hydrogen) atoms. The molecule has 0 saturated heterocycles. The van der Waals surface area contributed by atoms with Crippen LogP contribution in [-0.2, 0) is 30.4 Å². The Morgan fingerprint density at radius 2 is 1.77 bits per heavy atom. The Kier molecular flexibility index (Phi) is 7.54. The van der Waals surface area contributed by atoms with E-state index in [9.17, 15) is 26.2 Å². The van der Waals surface area contributed by atoms with E-state index in [1.165, 1.54) is 12.1 Å². The Labute approximate surface area is 177 Å². The van der Waals surface area contributed by atoms with Crippen LogP contribution in [0.25, 0.3) is 0 Å². The summed E-state index contributed by atoms with van der Waals surface area (Å²) < 4.78 is 64.0. The van der Waals surface area contributed by atoms with Gasteiger partial charge in [0.25, 0.3) is 20.2 Å². The van der Waals surface area contributed by atoms with Crippen LogP contribution in [0.3, 0.4) is 0 Å². The number of nitrogens with zero attached hydrogens (tertiary/aromatic N) is 1. The molecule has 0 saturated carbocycles. The van der Waals surface area contributed by atoms with Crippen LogP contribution < -0.4 is 4.90 Å². The lowest BCUT2D eigenvalue weighted by Gasteiger charge is -2.34. The summed E-state index contributed by atoms with van der Waals surface area (Å²) in [6.07, 6.45) is 2.74. The van der Waals surface area contributed by atoms with Gasteiger partial charge in [0, 0.05) is 30.1 Å². The molecule has 1 aromatic carbocycles. The highest BCUT2D eigenvalue weighted by Gasteiger charge is 2.45. The molecule has 2 atom stereocenters. The Balaban J connectivity index is 2.29. The zero-order chi connectivity index (χ0) is 22.7. The van der Waals surface area contributed by atoms with E-state index < -0.39 is 37.4 Å². The van der Waals surface area contributed by atoms with E-state index in [0.29, 0.717) is 24.9 Å². The van der Waals surface area contributed by atoms with Crippen molar-refractivity contribution in [3.05, 3.63) is 23.8 Å². The molecule has 1 aliphatic heterocycles. The van der Waals surface area contributed by atoms with Gasteiger partial charge in [0.1, 0.15) is 0 Å². The fourth-order valence-corrected chi connectivity index (χ4v) is 5.19. The second kappa shape index (κ2) is 9.21. The first-order valence-electron chi connectivity index (χ1n) is 9.81. The van der Waals surface area contributed by atoms with Crippen LogP contribution in [0.1, 0.15) is 57.9 Å². The Morgan fingerprint density at radius 3 is 2.33 bits per heavy atom. The smallest absolute Gasteiger partial charge is 0.303 e. The van der Waals surface area contributed by atoms with Crippen LogP contribution in [0.15, 0.2) is 23.1 Å². The number of hydrogen-bond donors (Lipinski definition) is 3. The van der Waals surface area contributed by atoms with Crippen LogP contribution in [-0.4, -0.2) is 55.4 Å². The summed E-state index contributed by atoms with van der Waals surface area (Å²) >= 11 is 0. The third kappa shape index (κ3) is 5.93. The highest BCUT2D eigenvalue weighted by atomic mass is 32.2. The SMILES string of the molecule is CC1N(CCCCCC(=O)O)c2ccc(S(=O)(=O)O)cc2C1(C)CCCS(=O)(=O)O. The fraction of sp³-hybridized carbons (Fsp3) is 0.632. The van der Waals surface area contributed by atoms with Gasteiger partial charge in [-0.1, -0.05) is 13.3 Å². The van der Waals surface area contributed by atoms with Gasteiger partial charge >= 0.3 is 5.97 Å². The van der Waals surface area contributed by atoms with Crippen molar-refractivity contribution < 1.29 is 35.8 Å². The molecule has 1 aliphatic rings. The maximum absolute atomic E-state index is 11.6. The molecule has 11 heteroatoms. The monoisotopic (exact) mass is 463 g/mol. The minimum atomic E-state index is -4.40. The summed E-state index contributed by atoms with van der Waals surface area (Å²) in [6.45, 7) is 4.52. The summed E-state index contributed by atoms with van der Waals surface area (Å²) in [5.41, 5.74) is 0.912. The van der Waals surface area contributed by atoms with Gasteiger partial charge in [0.05, 0.1) is 10.6 Å². The highest BCUT2D eigenvalue weighted by molar-refractivity contribution is 7.86. The van der Waals surface area contributed by atoms with E-state index in [0.717, 1.165) is 18.5 Å². The van der Waals surface area contributed by atoms with Gasteiger partial charge in [-0.15, -0.1) is 0 Å². The molecule has 0 aromatic heterocycles. The number of hydrogen-bond acceptors (Lipinski definition) is 6. The van der Waals surface area contributed by atoms with Gasteiger partial charge in [-0.3, -0.25) is 13.9 Å². The third-order valence-corrected chi connectivity index (χ3v) is 7.62. The van der Waals surface area contributed by atoms with Crippen molar-refractivity contribution in [3.8, 4) is 0 Å². The molecule has 0 spiro atoms. The van der Waals surface area contributed by atoms with Crippen molar-refractivity contribution in [3.63, 3.8) is 0 Å². The molecule has 170 valence electrons. The van der Waals surface area contributed by atoms with E-state index in [4.69, 9.17) is 9.66 Å². The quantitative estimate of drug-likeness (QED) is 0.332. The first kappa shape index (κ1) is 24.6. The van der Waals surface area contributed by atoms with E-state index in [2.05, 4.69) is 4.90 Å². The van der Waals surface area contributed by atoms with Gasteiger partial charge < -0.3 is 10.0 Å². The van der Waals surface area contributed by atoms with Crippen molar-refractivity contribution in [1.82, 2.24) is 0 Å². The summed E-state index contributed by atoms with van der Waals surface area (Å²) in [6, 6.07) is 4.31. The molecule has 0 radical (unpaired) electrons. The van der Waals surface area contributed by atoms with Crippen LogP contribution in [0.4, 0.5) is 5.69 Å². The molecular formula is C19H29NO8S2. The number of benzene rings is 1. The Bertz CT molecular complexity index is 990. The van der Waals surface area contributed by atoms with Gasteiger partial charge in [-0.05, 0) is 56.4 Å². The molecular weight excluding hydrogens is 434 g/mol. The molecule has 3 N–H and O–H groups in total. The molecule has 0 bridgehead atoms. The largest absolute Gasteiger partial charge is 0.481 e. The minimum absolute atomic E-state index is 0.0926. The number of carbonyl (C=O) groups is 1. The van der Waals surface area contributed by atoms with Crippen LogP contribution in [0.5, 0.6) is 0 Å². The minimum Gasteiger partial charge on any atom is -0.481 e. The standard InChI is InChI=1S/C19H29NO8S2/c1-14-19(2,10-6-12-29(23,24)25)16-13-15(30(26,27)28)8-9-17(16)20(14)11-5-3-4-7-18(21)22/h8-9,13-14H,3-7,10-12H2,1-2H3,(H,21,22)(H,23,24,25)(H,26,27,28). The zero-order valence-corrected chi connectivity index (χ0v) is 18.7. The van der Waals surface area contributed by atoms with Crippen LogP contribution >= 0.6 is 0 Å². The highest BCUT2D eigenvalue weighted by Crippen LogP contribution is 2.48. The first-order chi connectivity index (χ1) is 13.8. The summed E-state index contributed by atoms with van der Waals surface area (Å²) in [5, 5.41) is 8.76. The normalized spacial score (nSPS) is 21.6. The number of carboxylic acids is 1. The van der Waals surface area contributed by atoms with Crippen LogP contribution in [0.2, 0.25) is 0 Å². The number of anilines is 1. The average Bonchev–Trinajstić information content (AvgIpc) is 2.81. The summed E-state index contributed by atoms with van der Waals surface area (Å²) in [7, 11) is -8.50. The molecule has 0 amide bonds.